The second-order valence-electron chi connectivity index (χ2n) is 7.33. The fourth-order valence-corrected chi connectivity index (χ4v) is 3.86. The maximum atomic E-state index is 12.7. The number of aryl methyl sites for hydroxylation is 2. The van der Waals surface area contributed by atoms with Crippen LogP contribution in [0.1, 0.15) is 17.6 Å². The number of fused-ring (bicyclic) bond motifs is 1. The van der Waals surface area contributed by atoms with Crippen molar-refractivity contribution in [3.05, 3.63) is 58.4 Å². The van der Waals surface area contributed by atoms with Crippen LogP contribution in [0.2, 0.25) is 0 Å². The van der Waals surface area contributed by atoms with Crippen molar-refractivity contribution in [2.75, 3.05) is 32.8 Å². The van der Waals surface area contributed by atoms with Gasteiger partial charge in [0, 0.05) is 26.7 Å². The number of carbonyl (C=O) groups excluding carboxylic acids is 1. The van der Waals surface area contributed by atoms with Crippen LogP contribution in [0.5, 0.6) is 0 Å². The minimum atomic E-state index is -0.204. The molecule has 4 rings (SSSR count). The number of carbonyl (C=O) groups is 1. The third-order valence-electron chi connectivity index (χ3n) is 5.42. The molecule has 29 heavy (non-hydrogen) atoms. The van der Waals surface area contributed by atoms with Crippen LogP contribution in [0.4, 0.5) is 0 Å². The van der Waals surface area contributed by atoms with Gasteiger partial charge in [0.25, 0.3) is 0 Å². The molecule has 1 aliphatic heterocycles. The number of nitrogens with one attached hydrogen (secondary N) is 1. The van der Waals surface area contributed by atoms with Crippen LogP contribution in [-0.2, 0) is 23.1 Å². The molecule has 1 N–H and O–H groups in total. The number of morpholine rings is 1. The quantitative estimate of drug-likeness (QED) is 0.679. The van der Waals surface area contributed by atoms with Gasteiger partial charge in [-0.2, -0.15) is 0 Å². The maximum Gasteiger partial charge on any atom is 0.329 e. The SMILES string of the molecule is Cc1ccc(C(CNC(=O)Cn2c(=O)n(C)c3ccccc32)N2CCOCC2)o1. The van der Waals surface area contributed by atoms with E-state index in [2.05, 4.69) is 10.2 Å². The zero-order chi connectivity index (χ0) is 20.4. The number of ether oxygens (including phenoxy) is 1. The van der Waals surface area contributed by atoms with Crippen molar-refractivity contribution >= 4 is 16.9 Å². The molecule has 1 aliphatic rings. The molecule has 1 unspecified atom stereocenters. The number of rotatable bonds is 6. The lowest BCUT2D eigenvalue weighted by atomic mass is 10.1. The first-order chi connectivity index (χ1) is 14.0. The van der Waals surface area contributed by atoms with Crippen molar-refractivity contribution in [2.45, 2.75) is 19.5 Å². The van der Waals surface area contributed by atoms with Crippen molar-refractivity contribution in [1.82, 2.24) is 19.4 Å². The molecule has 0 spiro atoms. The Labute approximate surface area is 168 Å². The van der Waals surface area contributed by atoms with Crippen molar-refractivity contribution in [1.29, 1.82) is 0 Å². The number of furan rings is 1. The summed E-state index contributed by atoms with van der Waals surface area (Å²) in [4.78, 5) is 27.5. The highest BCUT2D eigenvalue weighted by molar-refractivity contribution is 5.80. The first kappa shape index (κ1) is 19.5. The van der Waals surface area contributed by atoms with Crippen molar-refractivity contribution in [3.63, 3.8) is 0 Å². The van der Waals surface area contributed by atoms with Gasteiger partial charge in [-0.25, -0.2) is 4.79 Å². The molecule has 3 heterocycles. The molecule has 8 nitrogen and oxygen atoms in total. The van der Waals surface area contributed by atoms with Gasteiger partial charge in [-0.3, -0.25) is 18.8 Å². The van der Waals surface area contributed by atoms with Gasteiger partial charge in [-0.15, -0.1) is 0 Å². The van der Waals surface area contributed by atoms with Crippen LogP contribution in [0.25, 0.3) is 11.0 Å². The summed E-state index contributed by atoms with van der Waals surface area (Å²) in [6.45, 7) is 5.18. The molecule has 1 saturated heterocycles. The predicted molar refractivity (Wildman–Crippen MR) is 109 cm³/mol. The van der Waals surface area contributed by atoms with Gasteiger partial charge in [0.15, 0.2) is 0 Å². The van der Waals surface area contributed by atoms with Gasteiger partial charge >= 0.3 is 5.69 Å². The summed E-state index contributed by atoms with van der Waals surface area (Å²) in [5, 5.41) is 2.99. The van der Waals surface area contributed by atoms with Crippen molar-refractivity contribution in [3.8, 4) is 0 Å². The van der Waals surface area contributed by atoms with Gasteiger partial charge in [0.1, 0.15) is 18.1 Å². The Morgan fingerprint density at radius 2 is 1.86 bits per heavy atom. The molecule has 8 heteroatoms. The monoisotopic (exact) mass is 398 g/mol. The van der Waals surface area contributed by atoms with Gasteiger partial charge in [-0.05, 0) is 31.2 Å². The number of imidazole rings is 1. The average molecular weight is 398 g/mol. The molecule has 1 amide bonds. The third kappa shape index (κ3) is 3.99. The second kappa shape index (κ2) is 8.26. The molecule has 2 aromatic heterocycles. The van der Waals surface area contributed by atoms with Gasteiger partial charge in [-0.1, -0.05) is 12.1 Å². The number of hydrogen-bond acceptors (Lipinski definition) is 5. The van der Waals surface area contributed by atoms with Crippen LogP contribution in [0.15, 0.2) is 45.6 Å². The predicted octanol–water partition coefficient (Wildman–Crippen LogP) is 1.43. The van der Waals surface area contributed by atoms with E-state index in [-0.39, 0.29) is 24.2 Å². The summed E-state index contributed by atoms with van der Waals surface area (Å²) in [5.74, 6) is 1.46. The Kier molecular flexibility index (Phi) is 5.55. The standard InChI is InChI=1S/C21H26N4O4/c1-15-7-8-19(29-15)18(24-9-11-28-12-10-24)13-22-20(26)14-25-17-6-4-3-5-16(17)23(2)21(25)27/h3-8,18H,9-14H2,1-2H3,(H,22,26). The summed E-state index contributed by atoms with van der Waals surface area (Å²) in [5.41, 5.74) is 1.36. The van der Waals surface area contributed by atoms with Crippen LogP contribution in [-0.4, -0.2) is 52.8 Å². The summed E-state index contributed by atoms with van der Waals surface area (Å²) in [7, 11) is 1.72. The Hall–Kier alpha value is -2.84. The lowest BCUT2D eigenvalue weighted by Gasteiger charge is -2.33. The highest BCUT2D eigenvalue weighted by Gasteiger charge is 2.26. The highest BCUT2D eigenvalue weighted by atomic mass is 16.5. The number of para-hydroxylation sites is 2. The zero-order valence-electron chi connectivity index (χ0n) is 16.8. The van der Waals surface area contributed by atoms with E-state index in [4.69, 9.17) is 9.15 Å². The molecule has 0 bridgehead atoms. The molecule has 0 saturated carbocycles. The number of aromatic nitrogens is 2. The lowest BCUT2D eigenvalue weighted by molar-refractivity contribution is -0.122. The molecule has 0 aliphatic carbocycles. The molecule has 1 atom stereocenters. The van der Waals surface area contributed by atoms with Crippen LogP contribution < -0.4 is 11.0 Å². The molecule has 154 valence electrons. The Morgan fingerprint density at radius 3 is 2.55 bits per heavy atom. The Morgan fingerprint density at radius 1 is 1.14 bits per heavy atom. The van der Waals surface area contributed by atoms with E-state index in [1.165, 1.54) is 4.57 Å². The van der Waals surface area contributed by atoms with Crippen LogP contribution >= 0.6 is 0 Å². The fraction of sp³-hybridized carbons (Fsp3) is 0.429. The number of benzene rings is 1. The summed E-state index contributed by atoms with van der Waals surface area (Å²) in [6.07, 6.45) is 0. The van der Waals surface area contributed by atoms with E-state index < -0.39 is 0 Å². The number of nitrogens with zero attached hydrogens (tertiary/aromatic N) is 3. The first-order valence-corrected chi connectivity index (χ1v) is 9.83. The maximum absolute atomic E-state index is 12.7. The normalized spacial score (nSPS) is 16.2. The van der Waals surface area contributed by atoms with Crippen LogP contribution in [0.3, 0.4) is 0 Å². The van der Waals surface area contributed by atoms with E-state index in [0.29, 0.717) is 19.8 Å². The van der Waals surface area contributed by atoms with Gasteiger partial charge in [0.05, 0.1) is 30.3 Å². The topological polar surface area (TPSA) is 81.6 Å². The summed E-state index contributed by atoms with van der Waals surface area (Å²) in [6, 6.07) is 11.3. The molecular formula is C21H26N4O4. The van der Waals surface area contributed by atoms with Gasteiger partial charge in [0.2, 0.25) is 5.91 Å². The summed E-state index contributed by atoms with van der Waals surface area (Å²) >= 11 is 0. The van der Waals surface area contributed by atoms with E-state index in [1.54, 1.807) is 11.6 Å². The Balaban J connectivity index is 1.49. The van der Waals surface area contributed by atoms with E-state index >= 15 is 0 Å². The van der Waals surface area contributed by atoms with E-state index in [0.717, 1.165) is 35.6 Å². The molecule has 0 radical (unpaired) electrons. The highest BCUT2D eigenvalue weighted by Crippen LogP contribution is 2.23. The molecule has 1 fully saturated rings. The van der Waals surface area contributed by atoms with E-state index in [1.807, 2.05) is 43.3 Å². The molecule has 3 aromatic rings. The Bertz CT molecular complexity index is 1060. The van der Waals surface area contributed by atoms with Crippen molar-refractivity contribution < 1.29 is 13.9 Å². The lowest BCUT2D eigenvalue weighted by Crippen LogP contribution is -2.44. The fourth-order valence-electron chi connectivity index (χ4n) is 3.86. The van der Waals surface area contributed by atoms with Gasteiger partial charge < -0.3 is 14.5 Å². The zero-order valence-corrected chi connectivity index (χ0v) is 16.8. The molecular weight excluding hydrogens is 372 g/mol. The second-order valence-corrected chi connectivity index (χ2v) is 7.33. The molecule has 1 aromatic carbocycles. The number of hydrogen-bond donors (Lipinski definition) is 1. The van der Waals surface area contributed by atoms with E-state index in [9.17, 15) is 9.59 Å². The van der Waals surface area contributed by atoms with Crippen LogP contribution in [0, 0.1) is 6.92 Å². The first-order valence-electron chi connectivity index (χ1n) is 9.83. The van der Waals surface area contributed by atoms with Crippen molar-refractivity contribution in [2.24, 2.45) is 7.05 Å². The minimum Gasteiger partial charge on any atom is -0.465 e. The smallest absolute Gasteiger partial charge is 0.329 e. The number of amides is 1. The minimum absolute atomic E-state index is 0.0206. The largest absolute Gasteiger partial charge is 0.465 e. The summed E-state index contributed by atoms with van der Waals surface area (Å²) < 4.78 is 14.4. The average Bonchev–Trinajstić information content (AvgIpc) is 3.26. The third-order valence-corrected chi connectivity index (χ3v) is 5.42.